The Hall–Kier alpha value is -0.890. The summed E-state index contributed by atoms with van der Waals surface area (Å²) in [6, 6.07) is 5.59. The highest BCUT2D eigenvalue weighted by atomic mass is 16.3. The van der Waals surface area contributed by atoms with Crippen molar-refractivity contribution in [2.24, 2.45) is 0 Å². The van der Waals surface area contributed by atoms with Crippen molar-refractivity contribution < 1.29 is 5.11 Å². The molecule has 1 rings (SSSR count). The maximum Gasteiger partial charge on any atom is 0.0877 e. The van der Waals surface area contributed by atoms with Crippen LogP contribution in [0.15, 0.2) is 24.4 Å². The van der Waals surface area contributed by atoms with Crippen molar-refractivity contribution in [3.63, 3.8) is 0 Å². The van der Waals surface area contributed by atoms with Gasteiger partial charge in [-0.15, -0.1) is 0 Å². The summed E-state index contributed by atoms with van der Waals surface area (Å²) >= 11 is 0. The van der Waals surface area contributed by atoms with Crippen LogP contribution in [-0.4, -0.2) is 11.6 Å². The zero-order chi connectivity index (χ0) is 6.53. The molecule has 0 spiro atoms. The molecule has 0 amide bonds. The van der Waals surface area contributed by atoms with Gasteiger partial charge in [-0.25, -0.2) is 5.11 Å². The fraction of sp³-hybridized carbons (Fsp3) is 0.286. The molecular formula is C7H8NO. The van der Waals surface area contributed by atoms with Crippen molar-refractivity contribution in [3.8, 4) is 0 Å². The average Bonchev–Trinajstić information content (AvgIpc) is 1.91. The van der Waals surface area contributed by atoms with E-state index in [9.17, 15) is 5.11 Å². The zero-order valence-electron chi connectivity index (χ0n) is 5.08. The summed E-state index contributed by atoms with van der Waals surface area (Å²) in [6.45, 7) is -0.0724. The molecule has 0 bridgehead atoms. The van der Waals surface area contributed by atoms with Gasteiger partial charge in [-0.1, -0.05) is 6.07 Å². The molecule has 0 saturated heterocycles. The number of nitrogens with zero attached hydrogens (tertiary/aromatic N) is 1. The molecule has 1 radical (unpaired) electrons. The van der Waals surface area contributed by atoms with E-state index in [-0.39, 0.29) is 6.61 Å². The Balaban J connectivity index is 2.61. The molecule has 0 N–H and O–H groups in total. The predicted molar refractivity (Wildman–Crippen MR) is 33.5 cm³/mol. The molecule has 0 aliphatic heterocycles. The van der Waals surface area contributed by atoms with Crippen molar-refractivity contribution in [3.05, 3.63) is 30.1 Å². The highest BCUT2D eigenvalue weighted by Gasteiger charge is 1.88. The van der Waals surface area contributed by atoms with Crippen LogP contribution in [0.3, 0.4) is 0 Å². The van der Waals surface area contributed by atoms with Gasteiger partial charge in [0.2, 0.25) is 0 Å². The molecule has 2 nitrogen and oxygen atoms in total. The monoisotopic (exact) mass is 122 g/mol. The highest BCUT2D eigenvalue weighted by molar-refractivity contribution is 5.03. The van der Waals surface area contributed by atoms with Gasteiger partial charge in [0, 0.05) is 18.3 Å². The Labute approximate surface area is 54.2 Å². The fourth-order valence-corrected chi connectivity index (χ4v) is 0.651. The molecule has 0 aliphatic carbocycles. The second-order valence-corrected chi connectivity index (χ2v) is 1.78. The molecule has 9 heavy (non-hydrogen) atoms. The van der Waals surface area contributed by atoms with E-state index in [1.807, 2.05) is 18.2 Å². The summed E-state index contributed by atoms with van der Waals surface area (Å²) in [5.74, 6) is 0. The van der Waals surface area contributed by atoms with Crippen molar-refractivity contribution >= 4 is 0 Å². The minimum atomic E-state index is -0.0724. The van der Waals surface area contributed by atoms with Crippen LogP contribution >= 0.6 is 0 Å². The normalized spacial score (nSPS) is 9.44. The first-order chi connectivity index (χ1) is 4.43. The van der Waals surface area contributed by atoms with Gasteiger partial charge in [-0.05, 0) is 12.1 Å². The lowest BCUT2D eigenvalue weighted by atomic mass is 10.3. The summed E-state index contributed by atoms with van der Waals surface area (Å²) < 4.78 is 0. The second kappa shape index (κ2) is 3.20. The maximum atomic E-state index is 10.1. The molecule has 0 atom stereocenters. The fourth-order valence-electron chi connectivity index (χ4n) is 0.651. The quantitative estimate of drug-likeness (QED) is 0.577. The maximum absolute atomic E-state index is 10.1. The van der Waals surface area contributed by atoms with Crippen LogP contribution in [0, 0.1) is 0 Å². The van der Waals surface area contributed by atoms with Crippen LogP contribution in [0.5, 0.6) is 0 Å². The standard InChI is InChI=1S/C7H8NO/c9-6-4-7-3-1-2-5-8-7/h1-3,5H,4,6H2. The van der Waals surface area contributed by atoms with Crippen molar-refractivity contribution in [2.75, 3.05) is 6.61 Å². The molecule has 0 aromatic carbocycles. The molecule has 1 aromatic rings. The molecule has 0 aliphatic rings. The van der Waals surface area contributed by atoms with Crippen LogP contribution in [-0.2, 0) is 11.5 Å². The molecule has 1 heterocycles. The number of hydrogen-bond donors (Lipinski definition) is 0. The number of aromatic nitrogens is 1. The summed E-state index contributed by atoms with van der Waals surface area (Å²) in [7, 11) is 0. The summed E-state index contributed by atoms with van der Waals surface area (Å²) in [6.07, 6.45) is 2.24. The summed E-state index contributed by atoms with van der Waals surface area (Å²) in [5, 5.41) is 10.1. The lowest BCUT2D eigenvalue weighted by molar-refractivity contribution is 0.196. The minimum Gasteiger partial charge on any atom is -0.261 e. The third-order valence-corrected chi connectivity index (χ3v) is 1.08. The topological polar surface area (TPSA) is 32.8 Å². The SMILES string of the molecule is [O]CCc1ccccn1. The third-order valence-electron chi connectivity index (χ3n) is 1.08. The Morgan fingerprint density at radius 1 is 1.44 bits per heavy atom. The first-order valence-corrected chi connectivity index (χ1v) is 2.91. The highest BCUT2D eigenvalue weighted by Crippen LogP contribution is 1.92. The Kier molecular flexibility index (Phi) is 2.22. The van der Waals surface area contributed by atoms with E-state index in [0.29, 0.717) is 6.42 Å². The number of pyridine rings is 1. The van der Waals surface area contributed by atoms with Crippen molar-refractivity contribution in [1.82, 2.24) is 4.98 Å². The van der Waals surface area contributed by atoms with Gasteiger partial charge in [0.1, 0.15) is 0 Å². The summed E-state index contributed by atoms with van der Waals surface area (Å²) in [4.78, 5) is 3.97. The van der Waals surface area contributed by atoms with E-state index in [1.165, 1.54) is 0 Å². The van der Waals surface area contributed by atoms with E-state index in [0.717, 1.165) is 5.69 Å². The van der Waals surface area contributed by atoms with Gasteiger partial charge in [-0.3, -0.25) is 4.98 Å². The van der Waals surface area contributed by atoms with E-state index in [4.69, 9.17) is 0 Å². The lowest BCUT2D eigenvalue weighted by Crippen LogP contribution is -1.90. The van der Waals surface area contributed by atoms with Gasteiger partial charge in [0.05, 0.1) is 6.61 Å². The van der Waals surface area contributed by atoms with Gasteiger partial charge in [-0.2, -0.15) is 0 Å². The van der Waals surface area contributed by atoms with Crippen LogP contribution in [0.4, 0.5) is 0 Å². The molecule has 0 fully saturated rings. The van der Waals surface area contributed by atoms with Crippen LogP contribution in [0.2, 0.25) is 0 Å². The largest absolute Gasteiger partial charge is 0.261 e. The molecule has 47 valence electrons. The van der Waals surface area contributed by atoms with E-state index in [2.05, 4.69) is 4.98 Å². The molecule has 0 unspecified atom stereocenters. The van der Waals surface area contributed by atoms with Crippen LogP contribution < -0.4 is 0 Å². The lowest BCUT2D eigenvalue weighted by Gasteiger charge is -1.91. The third kappa shape index (κ3) is 1.82. The van der Waals surface area contributed by atoms with E-state index >= 15 is 0 Å². The summed E-state index contributed by atoms with van der Waals surface area (Å²) in [5.41, 5.74) is 0.882. The minimum absolute atomic E-state index is 0.0724. The number of hydrogen-bond acceptors (Lipinski definition) is 1. The van der Waals surface area contributed by atoms with Gasteiger partial charge in [0.15, 0.2) is 0 Å². The molecular weight excluding hydrogens is 114 g/mol. The van der Waals surface area contributed by atoms with Gasteiger partial charge in [0.25, 0.3) is 0 Å². The Morgan fingerprint density at radius 3 is 2.89 bits per heavy atom. The van der Waals surface area contributed by atoms with Crippen molar-refractivity contribution in [2.45, 2.75) is 6.42 Å². The smallest absolute Gasteiger partial charge is 0.0877 e. The van der Waals surface area contributed by atoms with Crippen molar-refractivity contribution in [1.29, 1.82) is 0 Å². The Bertz CT molecular complexity index is 162. The van der Waals surface area contributed by atoms with Gasteiger partial charge < -0.3 is 0 Å². The number of rotatable bonds is 2. The predicted octanol–water partition coefficient (Wildman–Crippen LogP) is 1.05. The van der Waals surface area contributed by atoms with Crippen LogP contribution in [0.25, 0.3) is 0 Å². The molecule has 0 saturated carbocycles. The van der Waals surface area contributed by atoms with Gasteiger partial charge >= 0.3 is 0 Å². The van der Waals surface area contributed by atoms with Crippen LogP contribution in [0.1, 0.15) is 5.69 Å². The zero-order valence-corrected chi connectivity index (χ0v) is 5.08. The molecule has 1 aromatic heterocycles. The average molecular weight is 122 g/mol. The Morgan fingerprint density at radius 2 is 2.33 bits per heavy atom. The second-order valence-electron chi connectivity index (χ2n) is 1.78. The van der Waals surface area contributed by atoms with E-state index < -0.39 is 0 Å². The molecule has 2 heteroatoms. The van der Waals surface area contributed by atoms with E-state index in [1.54, 1.807) is 6.20 Å². The first kappa shape index (κ1) is 6.23. The first-order valence-electron chi connectivity index (χ1n) is 2.91.